The first-order valence-electron chi connectivity index (χ1n) is 7.43. The van der Waals surface area contributed by atoms with E-state index < -0.39 is 0 Å². The quantitative estimate of drug-likeness (QED) is 0.723. The Balaban J connectivity index is 1.77. The normalized spacial score (nSPS) is 22.9. The number of ether oxygens (including phenoxy) is 1. The van der Waals surface area contributed by atoms with Crippen LogP contribution in [-0.4, -0.2) is 61.5 Å². The van der Waals surface area contributed by atoms with Crippen molar-refractivity contribution in [2.45, 2.75) is 25.7 Å². The third-order valence-electron chi connectivity index (χ3n) is 4.08. The summed E-state index contributed by atoms with van der Waals surface area (Å²) in [7, 11) is 1.60. The predicted octanol–water partition coefficient (Wildman–Crippen LogP) is 1.05. The molecule has 0 aromatic rings. The Kier molecular flexibility index (Phi) is 5.59. The lowest BCUT2D eigenvalue weighted by Gasteiger charge is -2.36. The minimum Gasteiger partial charge on any atom is -0.384 e. The summed E-state index contributed by atoms with van der Waals surface area (Å²) in [6.07, 6.45) is 7.52. The number of hydrogen-bond donors (Lipinski definition) is 0. The lowest BCUT2D eigenvalue weighted by Crippen LogP contribution is -2.52. The second-order valence-electron chi connectivity index (χ2n) is 5.43. The van der Waals surface area contributed by atoms with E-state index >= 15 is 0 Å². The van der Waals surface area contributed by atoms with Gasteiger partial charge in [0.25, 0.3) is 0 Å². The Morgan fingerprint density at radius 2 is 1.85 bits per heavy atom. The fourth-order valence-electron chi connectivity index (χ4n) is 2.80. The van der Waals surface area contributed by atoms with Crippen LogP contribution in [-0.2, 0) is 14.3 Å². The van der Waals surface area contributed by atoms with Gasteiger partial charge < -0.3 is 14.5 Å². The van der Waals surface area contributed by atoms with Gasteiger partial charge in [0.15, 0.2) is 0 Å². The largest absolute Gasteiger partial charge is 0.384 e. The van der Waals surface area contributed by atoms with Crippen molar-refractivity contribution < 1.29 is 14.3 Å². The van der Waals surface area contributed by atoms with Crippen LogP contribution in [0.4, 0.5) is 0 Å². The van der Waals surface area contributed by atoms with Crippen LogP contribution < -0.4 is 0 Å². The number of piperazine rings is 1. The van der Waals surface area contributed by atoms with Gasteiger partial charge in [0.05, 0.1) is 13.0 Å². The molecule has 0 unspecified atom stereocenters. The molecule has 1 aliphatic carbocycles. The molecule has 20 heavy (non-hydrogen) atoms. The van der Waals surface area contributed by atoms with E-state index in [1.807, 2.05) is 9.80 Å². The molecule has 0 saturated carbocycles. The average molecular weight is 280 g/mol. The van der Waals surface area contributed by atoms with E-state index in [2.05, 4.69) is 12.2 Å². The summed E-state index contributed by atoms with van der Waals surface area (Å²) < 4.78 is 4.92. The van der Waals surface area contributed by atoms with E-state index in [0.29, 0.717) is 39.2 Å². The molecule has 2 aliphatic rings. The van der Waals surface area contributed by atoms with Crippen LogP contribution >= 0.6 is 0 Å². The Labute approximate surface area is 120 Å². The maximum absolute atomic E-state index is 12.4. The van der Waals surface area contributed by atoms with Crippen LogP contribution in [0.25, 0.3) is 0 Å². The molecule has 0 radical (unpaired) electrons. The van der Waals surface area contributed by atoms with E-state index in [1.54, 1.807) is 7.11 Å². The zero-order chi connectivity index (χ0) is 14.4. The summed E-state index contributed by atoms with van der Waals surface area (Å²) >= 11 is 0. The first kappa shape index (κ1) is 15.0. The second kappa shape index (κ2) is 7.43. The van der Waals surface area contributed by atoms with Gasteiger partial charge in [-0.05, 0) is 19.3 Å². The highest BCUT2D eigenvalue weighted by Gasteiger charge is 2.28. The fraction of sp³-hybridized carbons (Fsp3) is 0.733. The Hall–Kier alpha value is -1.36. The zero-order valence-corrected chi connectivity index (χ0v) is 12.2. The lowest BCUT2D eigenvalue weighted by atomic mass is 9.93. The van der Waals surface area contributed by atoms with Crippen LogP contribution in [0.1, 0.15) is 25.7 Å². The van der Waals surface area contributed by atoms with Crippen LogP contribution in [0, 0.1) is 5.92 Å². The molecule has 0 N–H and O–H groups in total. The molecule has 0 spiro atoms. The summed E-state index contributed by atoms with van der Waals surface area (Å²) in [5.41, 5.74) is 0. The van der Waals surface area contributed by atoms with Gasteiger partial charge >= 0.3 is 0 Å². The van der Waals surface area contributed by atoms with Gasteiger partial charge in [-0.1, -0.05) is 12.2 Å². The molecule has 2 amide bonds. The molecule has 1 fully saturated rings. The predicted molar refractivity (Wildman–Crippen MR) is 76.1 cm³/mol. The van der Waals surface area contributed by atoms with Gasteiger partial charge in [0.1, 0.15) is 0 Å². The molecule has 1 aliphatic heterocycles. The molecule has 1 atom stereocenters. The van der Waals surface area contributed by atoms with Crippen molar-refractivity contribution in [3.05, 3.63) is 12.2 Å². The van der Waals surface area contributed by atoms with Crippen molar-refractivity contribution in [3.8, 4) is 0 Å². The SMILES string of the molecule is COCCC(=O)N1CCN(C(=O)[C@@H]2CC=CCC2)CC1. The van der Waals surface area contributed by atoms with Crippen molar-refractivity contribution in [3.63, 3.8) is 0 Å². The number of hydrogen-bond acceptors (Lipinski definition) is 3. The standard InChI is InChI=1S/C15H24N2O3/c1-20-12-7-14(18)16-8-10-17(11-9-16)15(19)13-5-3-2-4-6-13/h2-3,13H,4-12H2,1H3/t13-/m1/s1. The average Bonchev–Trinajstić information content (AvgIpc) is 2.53. The molecular weight excluding hydrogens is 256 g/mol. The van der Waals surface area contributed by atoms with E-state index in [0.717, 1.165) is 19.3 Å². The van der Waals surface area contributed by atoms with Gasteiger partial charge in [-0.3, -0.25) is 9.59 Å². The van der Waals surface area contributed by atoms with Crippen molar-refractivity contribution in [1.29, 1.82) is 0 Å². The molecular formula is C15H24N2O3. The number of rotatable bonds is 4. The number of allylic oxidation sites excluding steroid dienone is 2. The van der Waals surface area contributed by atoms with Gasteiger partial charge in [-0.25, -0.2) is 0 Å². The molecule has 112 valence electrons. The lowest BCUT2D eigenvalue weighted by molar-refractivity contribution is -0.142. The van der Waals surface area contributed by atoms with Gasteiger partial charge in [0.2, 0.25) is 11.8 Å². The number of methoxy groups -OCH3 is 1. The van der Waals surface area contributed by atoms with E-state index in [4.69, 9.17) is 4.74 Å². The van der Waals surface area contributed by atoms with Crippen molar-refractivity contribution in [2.75, 3.05) is 39.9 Å². The van der Waals surface area contributed by atoms with Crippen molar-refractivity contribution in [1.82, 2.24) is 9.80 Å². The van der Waals surface area contributed by atoms with Crippen molar-refractivity contribution >= 4 is 11.8 Å². The summed E-state index contributed by atoms with van der Waals surface area (Å²) in [5, 5.41) is 0. The number of amides is 2. The molecule has 1 heterocycles. The van der Waals surface area contributed by atoms with Crippen LogP contribution in [0.5, 0.6) is 0 Å². The summed E-state index contributed by atoms with van der Waals surface area (Å²) in [4.78, 5) is 28.0. The smallest absolute Gasteiger partial charge is 0.226 e. The zero-order valence-electron chi connectivity index (χ0n) is 12.2. The maximum atomic E-state index is 12.4. The molecule has 5 nitrogen and oxygen atoms in total. The van der Waals surface area contributed by atoms with Crippen LogP contribution in [0.2, 0.25) is 0 Å². The molecule has 2 rings (SSSR count). The summed E-state index contributed by atoms with van der Waals surface area (Å²) in [6.45, 7) is 3.09. The number of carbonyl (C=O) groups is 2. The fourth-order valence-corrected chi connectivity index (χ4v) is 2.80. The molecule has 0 bridgehead atoms. The number of nitrogens with zero attached hydrogens (tertiary/aromatic N) is 2. The first-order chi connectivity index (χ1) is 9.72. The highest BCUT2D eigenvalue weighted by molar-refractivity contribution is 5.80. The van der Waals surface area contributed by atoms with Crippen LogP contribution in [0.3, 0.4) is 0 Å². The third-order valence-corrected chi connectivity index (χ3v) is 4.08. The Morgan fingerprint density at radius 3 is 2.45 bits per heavy atom. The number of carbonyl (C=O) groups excluding carboxylic acids is 2. The minimum atomic E-state index is 0.125. The summed E-state index contributed by atoms with van der Waals surface area (Å²) in [6, 6.07) is 0. The van der Waals surface area contributed by atoms with Crippen LogP contribution in [0.15, 0.2) is 12.2 Å². The minimum absolute atomic E-state index is 0.125. The van der Waals surface area contributed by atoms with E-state index in [-0.39, 0.29) is 17.7 Å². The van der Waals surface area contributed by atoms with E-state index in [9.17, 15) is 9.59 Å². The second-order valence-corrected chi connectivity index (χ2v) is 5.43. The van der Waals surface area contributed by atoms with E-state index in [1.165, 1.54) is 0 Å². The highest BCUT2D eigenvalue weighted by atomic mass is 16.5. The van der Waals surface area contributed by atoms with Gasteiger partial charge in [0, 0.05) is 39.2 Å². The maximum Gasteiger partial charge on any atom is 0.226 e. The third kappa shape index (κ3) is 3.82. The summed E-state index contributed by atoms with van der Waals surface area (Å²) in [5.74, 6) is 0.536. The van der Waals surface area contributed by atoms with Gasteiger partial charge in [-0.2, -0.15) is 0 Å². The topological polar surface area (TPSA) is 49.9 Å². The Bertz CT molecular complexity index is 373. The van der Waals surface area contributed by atoms with Crippen molar-refractivity contribution in [2.24, 2.45) is 5.92 Å². The monoisotopic (exact) mass is 280 g/mol. The molecule has 0 aromatic heterocycles. The molecule has 0 aromatic carbocycles. The highest BCUT2D eigenvalue weighted by Crippen LogP contribution is 2.21. The molecule has 5 heteroatoms. The first-order valence-corrected chi connectivity index (χ1v) is 7.43. The van der Waals surface area contributed by atoms with Gasteiger partial charge in [-0.15, -0.1) is 0 Å². The molecule has 1 saturated heterocycles. The Morgan fingerprint density at radius 1 is 1.15 bits per heavy atom.